The Bertz CT molecular complexity index is 499. The third-order valence-corrected chi connectivity index (χ3v) is 2.80. The zero-order chi connectivity index (χ0) is 11.1. The van der Waals surface area contributed by atoms with Crippen LogP contribution in [0.1, 0.15) is 24.8 Å². The molecule has 2 aromatic rings. The molecule has 1 fully saturated rings. The highest BCUT2D eigenvalue weighted by atomic mass is 16.5. The van der Waals surface area contributed by atoms with Crippen LogP contribution in [0.25, 0.3) is 11.5 Å². The Kier molecular flexibility index (Phi) is 2.03. The van der Waals surface area contributed by atoms with Gasteiger partial charge in [0.25, 0.3) is 0 Å². The van der Waals surface area contributed by atoms with E-state index >= 15 is 0 Å². The van der Waals surface area contributed by atoms with Crippen LogP contribution in [0.15, 0.2) is 16.8 Å². The van der Waals surface area contributed by atoms with Gasteiger partial charge in [0, 0.05) is 13.2 Å². The first-order valence-electron chi connectivity index (χ1n) is 5.33. The number of nitrogens with zero attached hydrogens (tertiary/aromatic N) is 4. The van der Waals surface area contributed by atoms with E-state index in [-0.39, 0.29) is 6.04 Å². The number of hydrogen-bond acceptors (Lipinski definition) is 5. The van der Waals surface area contributed by atoms with Crippen LogP contribution in [0, 0.1) is 5.92 Å². The van der Waals surface area contributed by atoms with Crippen molar-refractivity contribution in [1.29, 1.82) is 0 Å². The van der Waals surface area contributed by atoms with Gasteiger partial charge in [0.2, 0.25) is 11.7 Å². The second-order valence-electron chi connectivity index (χ2n) is 4.19. The SMILES string of the molecule is Cn1ccc(-c2noc(C(N)C3CC3)n2)n1. The smallest absolute Gasteiger partial charge is 0.244 e. The van der Waals surface area contributed by atoms with Crippen molar-refractivity contribution in [1.82, 2.24) is 19.9 Å². The third kappa shape index (κ3) is 1.61. The van der Waals surface area contributed by atoms with Gasteiger partial charge >= 0.3 is 0 Å². The molecular formula is C10H13N5O. The maximum atomic E-state index is 5.98. The molecular weight excluding hydrogens is 206 g/mol. The summed E-state index contributed by atoms with van der Waals surface area (Å²) in [6, 6.07) is 1.72. The van der Waals surface area contributed by atoms with Crippen molar-refractivity contribution in [2.75, 3.05) is 0 Å². The van der Waals surface area contributed by atoms with E-state index < -0.39 is 0 Å². The Morgan fingerprint density at radius 2 is 2.38 bits per heavy atom. The van der Waals surface area contributed by atoms with Crippen LogP contribution in [0.4, 0.5) is 0 Å². The Balaban J connectivity index is 1.86. The van der Waals surface area contributed by atoms with Crippen molar-refractivity contribution < 1.29 is 4.52 Å². The summed E-state index contributed by atoms with van der Waals surface area (Å²) in [6.07, 6.45) is 4.15. The van der Waals surface area contributed by atoms with Gasteiger partial charge in [0.15, 0.2) is 0 Å². The quantitative estimate of drug-likeness (QED) is 0.828. The number of hydrogen-bond donors (Lipinski definition) is 1. The van der Waals surface area contributed by atoms with E-state index in [0.29, 0.717) is 23.3 Å². The van der Waals surface area contributed by atoms with Crippen LogP contribution >= 0.6 is 0 Å². The maximum Gasteiger partial charge on any atom is 0.244 e. The Labute approximate surface area is 92.4 Å². The lowest BCUT2D eigenvalue weighted by Crippen LogP contribution is -2.12. The van der Waals surface area contributed by atoms with Gasteiger partial charge in [-0.1, -0.05) is 5.16 Å². The average molecular weight is 219 g/mol. The molecule has 2 heterocycles. The summed E-state index contributed by atoms with van der Waals surface area (Å²) in [4.78, 5) is 4.28. The normalized spacial score (nSPS) is 17.6. The summed E-state index contributed by atoms with van der Waals surface area (Å²) >= 11 is 0. The largest absolute Gasteiger partial charge is 0.337 e. The average Bonchev–Trinajstić information content (AvgIpc) is 2.84. The van der Waals surface area contributed by atoms with Gasteiger partial charge in [-0.2, -0.15) is 10.1 Å². The van der Waals surface area contributed by atoms with Gasteiger partial charge in [0.1, 0.15) is 5.69 Å². The Morgan fingerprint density at radius 3 is 3.00 bits per heavy atom. The fraction of sp³-hybridized carbons (Fsp3) is 0.500. The molecule has 1 atom stereocenters. The number of aromatic nitrogens is 4. The minimum Gasteiger partial charge on any atom is -0.337 e. The first-order valence-corrected chi connectivity index (χ1v) is 5.33. The molecule has 0 aliphatic heterocycles. The van der Waals surface area contributed by atoms with Gasteiger partial charge in [-0.25, -0.2) is 0 Å². The summed E-state index contributed by atoms with van der Waals surface area (Å²) in [5, 5.41) is 8.09. The molecule has 0 radical (unpaired) electrons. The van der Waals surface area contributed by atoms with Crippen molar-refractivity contribution in [3.8, 4) is 11.5 Å². The molecule has 0 aromatic carbocycles. The third-order valence-electron chi connectivity index (χ3n) is 2.80. The van der Waals surface area contributed by atoms with E-state index in [1.807, 2.05) is 19.3 Å². The van der Waals surface area contributed by atoms with E-state index in [1.54, 1.807) is 4.68 Å². The van der Waals surface area contributed by atoms with Crippen molar-refractivity contribution >= 4 is 0 Å². The molecule has 1 aliphatic carbocycles. The molecule has 1 unspecified atom stereocenters. The lowest BCUT2D eigenvalue weighted by molar-refractivity contribution is 0.343. The summed E-state index contributed by atoms with van der Waals surface area (Å²) < 4.78 is 6.86. The number of rotatable bonds is 3. The minimum atomic E-state index is -0.120. The van der Waals surface area contributed by atoms with E-state index in [1.165, 1.54) is 0 Å². The highest BCUT2D eigenvalue weighted by molar-refractivity contribution is 5.46. The summed E-state index contributed by atoms with van der Waals surface area (Å²) in [5.41, 5.74) is 6.68. The number of aryl methyl sites for hydroxylation is 1. The molecule has 2 aromatic heterocycles. The topological polar surface area (TPSA) is 82.8 Å². The molecule has 1 aliphatic rings. The molecule has 0 bridgehead atoms. The lowest BCUT2D eigenvalue weighted by Gasteiger charge is -2.01. The van der Waals surface area contributed by atoms with Crippen molar-refractivity contribution in [2.45, 2.75) is 18.9 Å². The molecule has 3 rings (SSSR count). The second kappa shape index (κ2) is 3.41. The van der Waals surface area contributed by atoms with Crippen molar-refractivity contribution in [2.24, 2.45) is 18.7 Å². The Hall–Kier alpha value is -1.69. The van der Waals surface area contributed by atoms with Crippen LogP contribution in [-0.2, 0) is 7.05 Å². The maximum absolute atomic E-state index is 5.98. The van der Waals surface area contributed by atoms with E-state index in [4.69, 9.17) is 10.3 Å². The first-order chi connectivity index (χ1) is 7.74. The summed E-state index contributed by atoms with van der Waals surface area (Å²) in [6.45, 7) is 0. The van der Waals surface area contributed by atoms with Gasteiger partial charge in [0.05, 0.1) is 6.04 Å². The van der Waals surface area contributed by atoms with Crippen molar-refractivity contribution in [3.63, 3.8) is 0 Å². The van der Waals surface area contributed by atoms with Gasteiger partial charge in [-0.3, -0.25) is 4.68 Å². The molecule has 16 heavy (non-hydrogen) atoms. The van der Waals surface area contributed by atoms with Crippen LogP contribution in [0.3, 0.4) is 0 Å². The molecule has 0 spiro atoms. The molecule has 6 heteroatoms. The molecule has 6 nitrogen and oxygen atoms in total. The standard InChI is InChI=1S/C10H13N5O/c1-15-5-4-7(13-15)9-12-10(16-14-9)8(11)6-2-3-6/h4-6,8H,2-3,11H2,1H3. The lowest BCUT2D eigenvalue weighted by atomic mass is 10.2. The summed E-state index contributed by atoms with van der Waals surface area (Å²) in [5.74, 6) is 1.53. The molecule has 0 amide bonds. The van der Waals surface area contributed by atoms with E-state index in [9.17, 15) is 0 Å². The van der Waals surface area contributed by atoms with Crippen LogP contribution in [0.2, 0.25) is 0 Å². The van der Waals surface area contributed by atoms with E-state index in [0.717, 1.165) is 12.8 Å². The van der Waals surface area contributed by atoms with Gasteiger partial charge in [-0.15, -0.1) is 0 Å². The Morgan fingerprint density at radius 1 is 1.56 bits per heavy atom. The van der Waals surface area contributed by atoms with Crippen LogP contribution < -0.4 is 5.73 Å². The highest BCUT2D eigenvalue weighted by Gasteiger charge is 2.33. The second-order valence-corrected chi connectivity index (χ2v) is 4.19. The molecule has 84 valence electrons. The van der Waals surface area contributed by atoms with Gasteiger partial charge < -0.3 is 10.3 Å². The van der Waals surface area contributed by atoms with Crippen molar-refractivity contribution in [3.05, 3.63) is 18.2 Å². The fourth-order valence-corrected chi connectivity index (χ4v) is 1.67. The highest BCUT2D eigenvalue weighted by Crippen LogP contribution is 2.39. The zero-order valence-electron chi connectivity index (χ0n) is 9.00. The zero-order valence-corrected chi connectivity index (χ0v) is 9.00. The summed E-state index contributed by atoms with van der Waals surface area (Å²) in [7, 11) is 1.85. The van der Waals surface area contributed by atoms with Crippen LogP contribution in [-0.4, -0.2) is 19.9 Å². The van der Waals surface area contributed by atoms with Gasteiger partial charge in [-0.05, 0) is 24.8 Å². The molecule has 1 saturated carbocycles. The predicted molar refractivity (Wildman–Crippen MR) is 56.2 cm³/mol. The predicted octanol–water partition coefficient (Wildman–Crippen LogP) is 0.880. The minimum absolute atomic E-state index is 0.120. The monoisotopic (exact) mass is 219 g/mol. The fourth-order valence-electron chi connectivity index (χ4n) is 1.67. The van der Waals surface area contributed by atoms with E-state index in [2.05, 4.69) is 15.2 Å². The first kappa shape index (κ1) is 9.53. The molecule has 0 saturated heterocycles. The van der Waals surface area contributed by atoms with Crippen LogP contribution in [0.5, 0.6) is 0 Å². The molecule has 2 N–H and O–H groups in total. The number of nitrogens with two attached hydrogens (primary N) is 1.